The Balaban J connectivity index is 2.27. The molecule has 1 aliphatic rings. The molecule has 0 saturated heterocycles. The summed E-state index contributed by atoms with van der Waals surface area (Å²) in [6.45, 7) is 8.18. The van der Waals surface area contributed by atoms with E-state index in [1.165, 1.54) is 18.4 Å². The van der Waals surface area contributed by atoms with Crippen molar-refractivity contribution in [1.29, 1.82) is 0 Å². The highest BCUT2D eigenvalue weighted by Gasteiger charge is 2.12. The zero-order valence-electron chi connectivity index (χ0n) is 9.76. The van der Waals surface area contributed by atoms with E-state index in [1.54, 1.807) is 0 Å². The van der Waals surface area contributed by atoms with Crippen molar-refractivity contribution in [3.63, 3.8) is 0 Å². The Labute approximate surface area is 93.1 Å². The third-order valence-electron chi connectivity index (χ3n) is 2.84. The summed E-state index contributed by atoms with van der Waals surface area (Å²) in [6, 6.07) is 0. The maximum Gasteiger partial charge on any atom is 0.0726 e. The Morgan fingerprint density at radius 1 is 1.67 bits per heavy atom. The Morgan fingerprint density at radius 2 is 2.47 bits per heavy atom. The molecule has 86 valence electrons. The molecule has 0 radical (unpaired) electrons. The molecule has 0 fully saturated rings. The second-order valence-corrected chi connectivity index (χ2v) is 4.29. The summed E-state index contributed by atoms with van der Waals surface area (Å²) < 4.78 is 0. The summed E-state index contributed by atoms with van der Waals surface area (Å²) in [7, 11) is 0. The second-order valence-electron chi connectivity index (χ2n) is 4.29. The van der Waals surface area contributed by atoms with Crippen LogP contribution in [0, 0.1) is 0 Å². The smallest absolute Gasteiger partial charge is 0.0726 e. The molecule has 2 nitrogen and oxygen atoms in total. The van der Waals surface area contributed by atoms with Gasteiger partial charge in [-0.3, -0.25) is 0 Å². The van der Waals surface area contributed by atoms with Crippen LogP contribution in [-0.2, 0) is 0 Å². The van der Waals surface area contributed by atoms with Gasteiger partial charge in [-0.2, -0.15) is 0 Å². The number of aliphatic hydroxyl groups excluding tert-OH is 1. The van der Waals surface area contributed by atoms with Crippen LogP contribution in [0.25, 0.3) is 0 Å². The molecule has 0 saturated carbocycles. The molecule has 1 aliphatic carbocycles. The summed E-state index contributed by atoms with van der Waals surface area (Å²) in [5.41, 5.74) is 2.39. The van der Waals surface area contributed by atoms with E-state index in [1.807, 2.05) is 6.08 Å². The van der Waals surface area contributed by atoms with Gasteiger partial charge in [-0.1, -0.05) is 26.0 Å². The van der Waals surface area contributed by atoms with Gasteiger partial charge in [0.05, 0.1) is 6.10 Å². The number of aliphatic hydroxyl groups is 1. The second kappa shape index (κ2) is 6.81. The third kappa shape index (κ3) is 4.63. The fourth-order valence-corrected chi connectivity index (χ4v) is 1.85. The van der Waals surface area contributed by atoms with Crippen LogP contribution in [0.4, 0.5) is 0 Å². The van der Waals surface area contributed by atoms with Gasteiger partial charge < -0.3 is 10.4 Å². The minimum atomic E-state index is -0.249. The van der Waals surface area contributed by atoms with E-state index in [4.69, 9.17) is 0 Å². The van der Waals surface area contributed by atoms with Crippen LogP contribution >= 0.6 is 0 Å². The van der Waals surface area contributed by atoms with Gasteiger partial charge >= 0.3 is 0 Å². The SMILES string of the molecule is C=C(CNCCCC)C1=CC(O)CCC1. The fraction of sp³-hybridized carbons (Fsp3) is 0.692. The lowest BCUT2D eigenvalue weighted by molar-refractivity contribution is 0.202. The lowest BCUT2D eigenvalue weighted by Crippen LogP contribution is -2.20. The first kappa shape index (κ1) is 12.5. The van der Waals surface area contributed by atoms with E-state index < -0.39 is 0 Å². The molecule has 0 aromatic carbocycles. The predicted octanol–water partition coefficient (Wildman–Crippen LogP) is 2.40. The van der Waals surface area contributed by atoms with Crippen LogP contribution in [0.3, 0.4) is 0 Å². The van der Waals surface area contributed by atoms with Crippen molar-refractivity contribution in [1.82, 2.24) is 5.32 Å². The van der Waals surface area contributed by atoms with E-state index >= 15 is 0 Å². The van der Waals surface area contributed by atoms with Crippen LogP contribution in [-0.4, -0.2) is 24.3 Å². The highest BCUT2D eigenvalue weighted by Crippen LogP contribution is 2.22. The average Bonchev–Trinajstić information content (AvgIpc) is 2.24. The van der Waals surface area contributed by atoms with Crippen LogP contribution < -0.4 is 5.32 Å². The Morgan fingerprint density at radius 3 is 3.13 bits per heavy atom. The van der Waals surface area contributed by atoms with Gasteiger partial charge in [0.15, 0.2) is 0 Å². The van der Waals surface area contributed by atoms with Crippen molar-refractivity contribution in [3.05, 3.63) is 23.8 Å². The number of unbranched alkanes of at least 4 members (excludes halogenated alkanes) is 1. The van der Waals surface area contributed by atoms with Gasteiger partial charge in [-0.05, 0) is 43.4 Å². The molecule has 2 N–H and O–H groups in total. The predicted molar refractivity (Wildman–Crippen MR) is 64.9 cm³/mol. The van der Waals surface area contributed by atoms with Crippen LogP contribution in [0.15, 0.2) is 23.8 Å². The standard InChI is InChI=1S/C13H23NO/c1-3-4-8-14-10-11(2)12-6-5-7-13(15)9-12/h9,13-15H,2-8,10H2,1H3. The first-order valence-corrected chi connectivity index (χ1v) is 6.01. The average molecular weight is 209 g/mol. The number of hydrogen-bond acceptors (Lipinski definition) is 2. The Kier molecular flexibility index (Phi) is 5.66. The molecule has 0 aliphatic heterocycles. The Bertz CT molecular complexity index is 233. The van der Waals surface area contributed by atoms with Gasteiger partial charge in [-0.25, -0.2) is 0 Å². The molecule has 0 amide bonds. The maximum absolute atomic E-state index is 9.50. The van der Waals surface area contributed by atoms with Crippen molar-refractivity contribution in [2.75, 3.05) is 13.1 Å². The van der Waals surface area contributed by atoms with E-state index in [9.17, 15) is 5.11 Å². The zero-order chi connectivity index (χ0) is 11.1. The number of nitrogens with one attached hydrogen (secondary N) is 1. The number of rotatable bonds is 6. The summed E-state index contributed by atoms with van der Waals surface area (Å²) in [5.74, 6) is 0. The zero-order valence-corrected chi connectivity index (χ0v) is 9.76. The van der Waals surface area contributed by atoms with Crippen LogP contribution in [0.2, 0.25) is 0 Å². The Hall–Kier alpha value is -0.600. The summed E-state index contributed by atoms with van der Waals surface area (Å²) in [6.07, 6.45) is 7.22. The summed E-state index contributed by atoms with van der Waals surface area (Å²) in [5, 5.41) is 12.9. The molecule has 1 unspecified atom stereocenters. The largest absolute Gasteiger partial charge is 0.389 e. The highest BCUT2D eigenvalue weighted by molar-refractivity contribution is 5.31. The molecule has 0 spiro atoms. The van der Waals surface area contributed by atoms with Crippen molar-refractivity contribution >= 4 is 0 Å². The molecule has 0 bridgehead atoms. The molecule has 0 aromatic heterocycles. The first-order valence-electron chi connectivity index (χ1n) is 6.01. The quantitative estimate of drug-likeness (QED) is 0.658. The first-order chi connectivity index (χ1) is 7.24. The lowest BCUT2D eigenvalue weighted by atomic mass is 9.93. The minimum Gasteiger partial charge on any atom is -0.389 e. The highest BCUT2D eigenvalue weighted by atomic mass is 16.3. The fourth-order valence-electron chi connectivity index (χ4n) is 1.85. The van der Waals surface area contributed by atoms with E-state index in [-0.39, 0.29) is 6.10 Å². The summed E-state index contributed by atoms with van der Waals surface area (Å²) >= 11 is 0. The normalized spacial score (nSPS) is 21.2. The van der Waals surface area contributed by atoms with Crippen LogP contribution in [0.5, 0.6) is 0 Å². The van der Waals surface area contributed by atoms with E-state index in [0.29, 0.717) is 0 Å². The molecule has 1 rings (SSSR count). The van der Waals surface area contributed by atoms with Crippen molar-refractivity contribution in [2.24, 2.45) is 0 Å². The molecule has 0 heterocycles. The molecule has 1 atom stereocenters. The molecule has 0 aromatic rings. The maximum atomic E-state index is 9.50. The molecular formula is C13H23NO. The minimum absolute atomic E-state index is 0.249. The van der Waals surface area contributed by atoms with Crippen molar-refractivity contribution in [2.45, 2.75) is 45.1 Å². The lowest BCUT2D eigenvalue weighted by Gasteiger charge is -2.19. The molecular weight excluding hydrogens is 186 g/mol. The van der Waals surface area contributed by atoms with E-state index in [0.717, 1.165) is 37.9 Å². The van der Waals surface area contributed by atoms with Crippen molar-refractivity contribution < 1.29 is 5.11 Å². The molecule has 15 heavy (non-hydrogen) atoms. The van der Waals surface area contributed by atoms with Gasteiger partial charge in [0, 0.05) is 6.54 Å². The third-order valence-corrected chi connectivity index (χ3v) is 2.84. The van der Waals surface area contributed by atoms with Gasteiger partial charge in [0.25, 0.3) is 0 Å². The van der Waals surface area contributed by atoms with E-state index in [2.05, 4.69) is 18.8 Å². The van der Waals surface area contributed by atoms with Gasteiger partial charge in [-0.15, -0.1) is 0 Å². The van der Waals surface area contributed by atoms with Crippen molar-refractivity contribution in [3.8, 4) is 0 Å². The topological polar surface area (TPSA) is 32.3 Å². The molecule has 2 heteroatoms. The van der Waals surface area contributed by atoms with Gasteiger partial charge in [0.2, 0.25) is 0 Å². The van der Waals surface area contributed by atoms with Gasteiger partial charge in [0.1, 0.15) is 0 Å². The number of hydrogen-bond donors (Lipinski definition) is 2. The summed E-state index contributed by atoms with van der Waals surface area (Å²) in [4.78, 5) is 0. The monoisotopic (exact) mass is 209 g/mol. The van der Waals surface area contributed by atoms with Crippen LogP contribution in [0.1, 0.15) is 39.0 Å².